The van der Waals surface area contributed by atoms with Crippen LogP contribution in [0.2, 0.25) is 0 Å². The molecule has 0 saturated carbocycles. The Bertz CT molecular complexity index is 985. The first kappa shape index (κ1) is 22.5. The second kappa shape index (κ2) is 9.31. The Labute approximate surface area is 180 Å². The maximum atomic E-state index is 13.2. The van der Waals surface area contributed by atoms with Crippen LogP contribution in [0.1, 0.15) is 55.6 Å². The summed E-state index contributed by atoms with van der Waals surface area (Å²) in [4.78, 5) is 13.2. The monoisotopic (exact) mass is 428 g/mol. The molecule has 0 radical (unpaired) electrons. The summed E-state index contributed by atoms with van der Waals surface area (Å²) in [5.41, 5.74) is 3.33. The van der Waals surface area contributed by atoms with Crippen LogP contribution in [-0.2, 0) is 22.9 Å². The lowest BCUT2D eigenvalue weighted by molar-refractivity contribution is 0.102. The molecule has 0 aliphatic carbocycles. The number of nitrogens with zero attached hydrogens (tertiary/aromatic N) is 1. The number of benzene rings is 2. The lowest BCUT2D eigenvalue weighted by Crippen LogP contribution is -2.42. The minimum atomic E-state index is -3.63. The van der Waals surface area contributed by atoms with Crippen molar-refractivity contribution in [1.82, 2.24) is 4.31 Å². The van der Waals surface area contributed by atoms with E-state index in [2.05, 4.69) is 33.0 Å². The summed E-state index contributed by atoms with van der Waals surface area (Å²) in [7, 11) is -3.63. The average Bonchev–Trinajstić information content (AvgIpc) is 2.73. The normalized spacial score (nSPS) is 20.1. The first-order valence-electron chi connectivity index (χ1n) is 10.8. The van der Waals surface area contributed by atoms with Crippen LogP contribution in [0.4, 0.5) is 5.69 Å². The van der Waals surface area contributed by atoms with E-state index in [1.807, 2.05) is 18.2 Å². The molecule has 2 aromatic rings. The maximum absolute atomic E-state index is 13.2. The second-order valence-electron chi connectivity index (χ2n) is 8.41. The molecule has 1 aliphatic rings. The summed E-state index contributed by atoms with van der Waals surface area (Å²) >= 11 is 0. The van der Waals surface area contributed by atoms with Crippen LogP contribution in [0.25, 0.3) is 0 Å². The highest BCUT2D eigenvalue weighted by Crippen LogP contribution is 2.28. The minimum Gasteiger partial charge on any atom is -0.321 e. The molecular formula is C24H32N2O3S. The van der Waals surface area contributed by atoms with Crippen LogP contribution in [0, 0.1) is 11.8 Å². The number of anilines is 1. The van der Waals surface area contributed by atoms with E-state index in [9.17, 15) is 13.2 Å². The molecule has 1 N–H and O–H groups in total. The molecule has 1 saturated heterocycles. The van der Waals surface area contributed by atoms with Crippen LogP contribution in [-0.4, -0.2) is 31.7 Å². The average molecular weight is 429 g/mol. The first-order chi connectivity index (χ1) is 14.3. The number of sulfonamides is 1. The molecule has 162 valence electrons. The van der Waals surface area contributed by atoms with E-state index in [-0.39, 0.29) is 10.8 Å². The largest absolute Gasteiger partial charge is 0.321 e. The molecule has 1 heterocycles. The Morgan fingerprint density at radius 3 is 2.13 bits per heavy atom. The van der Waals surface area contributed by atoms with Gasteiger partial charge >= 0.3 is 0 Å². The highest BCUT2D eigenvalue weighted by molar-refractivity contribution is 7.89. The van der Waals surface area contributed by atoms with E-state index in [0.29, 0.717) is 30.5 Å². The Balaban J connectivity index is 1.88. The number of para-hydroxylation sites is 1. The van der Waals surface area contributed by atoms with Crippen molar-refractivity contribution >= 4 is 21.6 Å². The molecule has 30 heavy (non-hydrogen) atoms. The van der Waals surface area contributed by atoms with Crippen molar-refractivity contribution in [3.05, 3.63) is 59.2 Å². The van der Waals surface area contributed by atoms with E-state index in [1.165, 1.54) is 6.07 Å². The summed E-state index contributed by atoms with van der Waals surface area (Å²) in [6.07, 6.45) is 2.65. The molecule has 6 heteroatoms. The van der Waals surface area contributed by atoms with Crippen LogP contribution in [0.15, 0.2) is 47.4 Å². The van der Waals surface area contributed by atoms with Gasteiger partial charge in [0, 0.05) is 24.3 Å². The molecule has 2 atom stereocenters. The van der Waals surface area contributed by atoms with Gasteiger partial charge in [-0.3, -0.25) is 4.79 Å². The number of aryl methyl sites for hydroxylation is 2. The summed E-state index contributed by atoms with van der Waals surface area (Å²) in [5.74, 6) is 0.365. The molecule has 1 aliphatic heterocycles. The van der Waals surface area contributed by atoms with Crippen molar-refractivity contribution in [2.75, 3.05) is 18.4 Å². The van der Waals surface area contributed by atoms with Gasteiger partial charge in [0.05, 0.1) is 4.90 Å². The van der Waals surface area contributed by atoms with Crippen molar-refractivity contribution < 1.29 is 13.2 Å². The Morgan fingerprint density at radius 2 is 1.57 bits per heavy atom. The van der Waals surface area contributed by atoms with Gasteiger partial charge in [0.25, 0.3) is 5.91 Å². The topological polar surface area (TPSA) is 66.5 Å². The standard InChI is InChI=1S/C24H32N2O3S/c1-5-19-9-7-10-20(6-2)23(19)25-24(27)21-11-8-12-22(14-21)30(28,29)26-15-17(3)13-18(4)16-26/h7-12,14,17-18H,5-6,13,15-16H2,1-4H3,(H,25,27). The number of carbonyl (C=O) groups excluding carboxylic acids is 1. The third-order valence-corrected chi connectivity index (χ3v) is 7.63. The third-order valence-electron chi connectivity index (χ3n) is 5.81. The van der Waals surface area contributed by atoms with Gasteiger partial charge in [0.1, 0.15) is 0 Å². The van der Waals surface area contributed by atoms with Crippen molar-refractivity contribution in [2.24, 2.45) is 11.8 Å². The van der Waals surface area contributed by atoms with Gasteiger partial charge < -0.3 is 5.32 Å². The SMILES string of the molecule is CCc1cccc(CC)c1NC(=O)c1cccc(S(=O)(=O)N2CC(C)CC(C)C2)c1. The van der Waals surface area contributed by atoms with Gasteiger partial charge in [-0.05, 0) is 60.4 Å². The Hall–Kier alpha value is -2.18. The van der Waals surface area contributed by atoms with E-state index in [4.69, 9.17) is 0 Å². The van der Waals surface area contributed by atoms with E-state index >= 15 is 0 Å². The number of hydrogen-bond acceptors (Lipinski definition) is 3. The fourth-order valence-electron chi connectivity index (χ4n) is 4.34. The lowest BCUT2D eigenvalue weighted by Gasteiger charge is -2.34. The number of amides is 1. The zero-order valence-electron chi connectivity index (χ0n) is 18.3. The molecule has 5 nitrogen and oxygen atoms in total. The molecule has 0 spiro atoms. The molecular weight excluding hydrogens is 396 g/mol. The number of rotatable bonds is 6. The minimum absolute atomic E-state index is 0.177. The van der Waals surface area contributed by atoms with E-state index < -0.39 is 10.0 Å². The van der Waals surface area contributed by atoms with E-state index in [1.54, 1.807) is 22.5 Å². The van der Waals surface area contributed by atoms with Gasteiger partial charge in [0.15, 0.2) is 0 Å². The summed E-state index contributed by atoms with van der Waals surface area (Å²) < 4.78 is 28.0. The number of piperidine rings is 1. The third kappa shape index (κ3) is 4.76. The number of nitrogens with one attached hydrogen (secondary N) is 1. The fraction of sp³-hybridized carbons (Fsp3) is 0.458. The van der Waals surface area contributed by atoms with Gasteiger partial charge in [0.2, 0.25) is 10.0 Å². The van der Waals surface area contributed by atoms with Crippen LogP contribution in [0.3, 0.4) is 0 Å². The highest BCUT2D eigenvalue weighted by Gasteiger charge is 2.32. The Kier molecular flexibility index (Phi) is 6.98. The van der Waals surface area contributed by atoms with Crippen molar-refractivity contribution in [2.45, 2.75) is 51.9 Å². The van der Waals surface area contributed by atoms with Gasteiger partial charge in [-0.1, -0.05) is 52.0 Å². The zero-order chi connectivity index (χ0) is 21.9. The smallest absolute Gasteiger partial charge is 0.255 e. The van der Waals surface area contributed by atoms with Crippen LogP contribution >= 0.6 is 0 Å². The predicted octanol–water partition coefficient (Wildman–Crippen LogP) is 4.73. The zero-order valence-corrected chi connectivity index (χ0v) is 19.1. The number of carbonyl (C=O) groups is 1. The van der Waals surface area contributed by atoms with Crippen LogP contribution < -0.4 is 5.32 Å². The molecule has 0 bridgehead atoms. The molecule has 3 rings (SSSR count). The molecule has 2 unspecified atom stereocenters. The quantitative estimate of drug-likeness (QED) is 0.723. The van der Waals surface area contributed by atoms with Gasteiger partial charge in [-0.15, -0.1) is 0 Å². The van der Waals surface area contributed by atoms with Crippen LogP contribution in [0.5, 0.6) is 0 Å². The Morgan fingerprint density at radius 1 is 1.00 bits per heavy atom. The van der Waals surface area contributed by atoms with Crippen molar-refractivity contribution in [3.63, 3.8) is 0 Å². The highest BCUT2D eigenvalue weighted by atomic mass is 32.2. The summed E-state index contributed by atoms with van der Waals surface area (Å²) in [6, 6.07) is 12.4. The summed E-state index contributed by atoms with van der Waals surface area (Å²) in [6.45, 7) is 9.31. The van der Waals surface area contributed by atoms with Crippen molar-refractivity contribution in [3.8, 4) is 0 Å². The fourth-order valence-corrected chi connectivity index (χ4v) is 6.06. The van der Waals surface area contributed by atoms with Gasteiger partial charge in [-0.2, -0.15) is 4.31 Å². The van der Waals surface area contributed by atoms with Crippen molar-refractivity contribution in [1.29, 1.82) is 0 Å². The lowest BCUT2D eigenvalue weighted by atomic mass is 9.94. The maximum Gasteiger partial charge on any atom is 0.255 e. The predicted molar refractivity (Wildman–Crippen MR) is 121 cm³/mol. The number of hydrogen-bond donors (Lipinski definition) is 1. The molecule has 0 aromatic heterocycles. The first-order valence-corrected chi connectivity index (χ1v) is 12.2. The second-order valence-corrected chi connectivity index (χ2v) is 10.3. The summed E-state index contributed by atoms with van der Waals surface area (Å²) in [5, 5.41) is 3.02. The van der Waals surface area contributed by atoms with E-state index in [0.717, 1.165) is 36.1 Å². The molecule has 1 amide bonds. The molecule has 1 fully saturated rings. The molecule has 2 aromatic carbocycles. The van der Waals surface area contributed by atoms with Gasteiger partial charge in [-0.25, -0.2) is 8.42 Å².